The van der Waals surface area contributed by atoms with Crippen LogP contribution in [0.1, 0.15) is 12.8 Å². The molecule has 3 unspecified atom stereocenters. The molecule has 22 heavy (non-hydrogen) atoms. The highest BCUT2D eigenvalue weighted by Gasteiger charge is 2.40. The maximum Gasteiger partial charge on any atom is 0.310 e. The molecule has 0 heterocycles. The van der Waals surface area contributed by atoms with Crippen molar-refractivity contribution in [3.63, 3.8) is 0 Å². The van der Waals surface area contributed by atoms with Crippen LogP contribution in [-0.4, -0.2) is 18.5 Å². The Morgan fingerprint density at radius 1 is 1.23 bits per heavy atom. The summed E-state index contributed by atoms with van der Waals surface area (Å²) in [5, 5.41) is 2.25. The van der Waals surface area contributed by atoms with Crippen LogP contribution in [0.4, 0.5) is 14.5 Å². The molecule has 0 spiro atoms. The molecule has 0 aromatic heterocycles. The molecule has 0 aliphatic heterocycles. The van der Waals surface area contributed by atoms with E-state index in [2.05, 4.69) is 11.4 Å². The number of halogens is 2. The number of ether oxygens (including phenoxy) is 1. The second-order valence-corrected chi connectivity index (χ2v) is 5.67. The third-order valence-electron chi connectivity index (χ3n) is 4.13. The first-order chi connectivity index (χ1) is 10.5. The summed E-state index contributed by atoms with van der Waals surface area (Å²) >= 11 is 0. The number of allylic oxidation sites excluding steroid dienone is 2. The van der Waals surface area contributed by atoms with E-state index in [1.807, 2.05) is 6.08 Å². The number of esters is 1. The number of carbonyl (C=O) groups excluding carboxylic acids is 2. The van der Waals surface area contributed by atoms with E-state index < -0.39 is 30.1 Å². The van der Waals surface area contributed by atoms with Crippen molar-refractivity contribution >= 4 is 17.6 Å². The number of nitrogens with one attached hydrogen (secondary N) is 1. The number of amides is 1. The average molecular weight is 307 g/mol. The Hall–Kier alpha value is -2.24. The lowest BCUT2D eigenvalue weighted by Gasteiger charge is -2.16. The molecule has 2 bridgehead atoms. The van der Waals surface area contributed by atoms with E-state index in [0.717, 1.165) is 25.0 Å². The van der Waals surface area contributed by atoms with Crippen molar-refractivity contribution in [2.45, 2.75) is 12.8 Å². The second kappa shape index (κ2) is 5.87. The normalized spacial score (nSPS) is 25.3. The Morgan fingerprint density at radius 3 is 2.68 bits per heavy atom. The van der Waals surface area contributed by atoms with Crippen molar-refractivity contribution in [3.05, 3.63) is 42.0 Å². The smallest absolute Gasteiger partial charge is 0.310 e. The van der Waals surface area contributed by atoms with Gasteiger partial charge in [0.1, 0.15) is 11.6 Å². The van der Waals surface area contributed by atoms with Gasteiger partial charge in [-0.2, -0.15) is 0 Å². The monoisotopic (exact) mass is 307 g/mol. The summed E-state index contributed by atoms with van der Waals surface area (Å²) in [5.41, 5.74) is -0.148. The molecule has 0 radical (unpaired) electrons. The number of fused-ring (bicyclic) bond motifs is 2. The molecule has 2 aliphatic rings. The zero-order valence-electron chi connectivity index (χ0n) is 11.7. The highest BCUT2D eigenvalue weighted by atomic mass is 19.1. The van der Waals surface area contributed by atoms with Gasteiger partial charge in [0.2, 0.25) is 0 Å². The predicted molar refractivity (Wildman–Crippen MR) is 74.8 cm³/mol. The van der Waals surface area contributed by atoms with Crippen LogP contribution in [0.3, 0.4) is 0 Å². The number of hydrogen-bond acceptors (Lipinski definition) is 3. The lowest BCUT2D eigenvalue weighted by Crippen LogP contribution is -2.27. The summed E-state index contributed by atoms with van der Waals surface area (Å²) in [6, 6.07) is 2.82. The summed E-state index contributed by atoms with van der Waals surface area (Å²) in [6.45, 7) is -0.479. The van der Waals surface area contributed by atoms with Gasteiger partial charge in [0.25, 0.3) is 5.91 Å². The van der Waals surface area contributed by atoms with Crippen LogP contribution in [0.5, 0.6) is 0 Å². The quantitative estimate of drug-likeness (QED) is 0.687. The van der Waals surface area contributed by atoms with Crippen molar-refractivity contribution in [1.82, 2.24) is 0 Å². The van der Waals surface area contributed by atoms with Gasteiger partial charge in [-0.05, 0) is 36.8 Å². The Labute approximate surface area is 126 Å². The SMILES string of the molecule is O=C(COC(=O)C1CC2C=CC1C2)Nc1ccc(F)cc1F. The Kier molecular flexibility index (Phi) is 3.92. The number of anilines is 1. The third kappa shape index (κ3) is 3.00. The van der Waals surface area contributed by atoms with Crippen molar-refractivity contribution in [3.8, 4) is 0 Å². The summed E-state index contributed by atoms with van der Waals surface area (Å²) in [6.07, 6.45) is 5.85. The average Bonchev–Trinajstić information content (AvgIpc) is 3.10. The van der Waals surface area contributed by atoms with Crippen molar-refractivity contribution in [2.75, 3.05) is 11.9 Å². The van der Waals surface area contributed by atoms with Crippen LogP contribution in [0.15, 0.2) is 30.4 Å². The Balaban J connectivity index is 1.50. The van der Waals surface area contributed by atoms with Crippen LogP contribution < -0.4 is 5.32 Å². The molecule has 4 nitrogen and oxygen atoms in total. The minimum absolute atomic E-state index is 0.148. The van der Waals surface area contributed by atoms with E-state index in [0.29, 0.717) is 12.0 Å². The second-order valence-electron chi connectivity index (χ2n) is 5.67. The van der Waals surface area contributed by atoms with Crippen LogP contribution in [0.25, 0.3) is 0 Å². The fourth-order valence-corrected chi connectivity index (χ4v) is 3.07. The molecule has 1 fully saturated rings. The van der Waals surface area contributed by atoms with E-state index in [9.17, 15) is 18.4 Å². The third-order valence-corrected chi connectivity index (χ3v) is 4.13. The zero-order chi connectivity index (χ0) is 15.7. The van der Waals surface area contributed by atoms with E-state index in [-0.39, 0.29) is 17.5 Å². The van der Waals surface area contributed by atoms with Crippen molar-refractivity contribution in [2.24, 2.45) is 17.8 Å². The van der Waals surface area contributed by atoms with Crippen LogP contribution in [-0.2, 0) is 14.3 Å². The minimum atomic E-state index is -0.877. The van der Waals surface area contributed by atoms with Gasteiger partial charge in [-0.25, -0.2) is 8.78 Å². The molecule has 1 amide bonds. The first-order valence-corrected chi connectivity index (χ1v) is 7.13. The molecular formula is C16H15F2NO3. The largest absolute Gasteiger partial charge is 0.455 e. The van der Waals surface area contributed by atoms with Gasteiger partial charge < -0.3 is 10.1 Å². The fourth-order valence-electron chi connectivity index (χ4n) is 3.07. The van der Waals surface area contributed by atoms with E-state index in [1.54, 1.807) is 0 Å². The molecule has 0 saturated heterocycles. The maximum atomic E-state index is 13.4. The van der Waals surface area contributed by atoms with Gasteiger partial charge in [-0.15, -0.1) is 0 Å². The van der Waals surface area contributed by atoms with Gasteiger partial charge in [0, 0.05) is 6.07 Å². The molecule has 1 aromatic rings. The van der Waals surface area contributed by atoms with Crippen molar-refractivity contribution in [1.29, 1.82) is 0 Å². The summed E-state index contributed by atoms with van der Waals surface area (Å²) in [4.78, 5) is 23.6. The number of carbonyl (C=O) groups is 2. The topological polar surface area (TPSA) is 55.4 Å². The molecule has 3 rings (SSSR count). The summed E-state index contributed by atoms with van der Waals surface area (Å²) < 4.78 is 31.1. The zero-order valence-corrected chi connectivity index (χ0v) is 11.7. The minimum Gasteiger partial charge on any atom is -0.455 e. The lowest BCUT2D eigenvalue weighted by molar-refractivity contribution is -0.152. The number of hydrogen-bond donors (Lipinski definition) is 1. The first kappa shape index (κ1) is 14.7. The van der Waals surface area contributed by atoms with Gasteiger partial charge in [0.15, 0.2) is 6.61 Å². The standard InChI is InChI=1S/C16H15F2NO3/c17-11-3-4-14(13(18)7-11)19-15(20)8-22-16(21)12-6-9-1-2-10(12)5-9/h1-4,7,9-10,12H,5-6,8H2,(H,19,20). The van der Waals surface area contributed by atoms with Gasteiger partial charge >= 0.3 is 5.97 Å². The molecule has 1 aromatic carbocycles. The molecule has 3 atom stereocenters. The summed E-state index contributed by atoms with van der Waals surface area (Å²) in [5.74, 6) is -2.21. The summed E-state index contributed by atoms with van der Waals surface area (Å²) in [7, 11) is 0. The Bertz CT molecular complexity index is 644. The van der Waals surface area contributed by atoms with Crippen molar-refractivity contribution < 1.29 is 23.1 Å². The molecule has 1 saturated carbocycles. The fraction of sp³-hybridized carbons (Fsp3) is 0.375. The maximum absolute atomic E-state index is 13.4. The molecular weight excluding hydrogens is 292 g/mol. The van der Waals surface area contributed by atoms with Crippen LogP contribution in [0.2, 0.25) is 0 Å². The number of rotatable bonds is 4. The van der Waals surface area contributed by atoms with Gasteiger partial charge in [-0.1, -0.05) is 12.2 Å². The highest BCUT2D eigenvalue weighted by Crippen LogP contribution is 2.43. The molecule has 116 valence electrons. The molecule has 1 N–H and O–H groups in total. The van der Waals surface area contributed by atoms with Crippen LogP contribution >= 0.6 is 0 Å². The lowest BCUT2D eigenvalue weighted by atomic mass is 9.94. The van der Waals surface area contributed by atoms with E-state index >= 15 is 0 Å². The Morgan fingerprint density at radius 2 is 2.05 bits per heavy atom. The predicted octanol–water partition coefficient (Wildman–Crippen LogP) is 2.66. The van der Waals surface area contributed by atoms with E-state index in [4.69, 9.17) is 4.74 Å². The van der Waals surface area contributed by atoms with Crippen LogP contribution in [0, 0.1) is 29.4 Å². The van der Waals surface area contributed by atoms with Gasteiger partial charge in [-0.3, -0.25) is 9.59 Å². The molecule has 2 aliphatic carbocycles. The van der Waals surface area contributed by atoms with E-state index in [1.165, 1.54) is 0 Å². The molecule has 6 heteroatoms. The number of benzene rings is 1. The highest BCUT2D eigenvalue weighted by molar-refractivity contribution is 5.93. The first-order valence-electron chi connectivity index (χ1n) is 7.13. The van der Waals surface area contributed by atoms with Gasteiger partial charge in [0.05, 0.1) is 11.6 Å².